The van der Waals surface area contributed by atoms with Gasteiger partial charge in [0.2, 0.25) is 5.78 Å². The molecule has 6 nitrogen and oxygen atoms in total. The maximum Gasteiger partial charge on any atom is 0.405 e. The fraction of sp³-hybridized carbons (Fsp3) is 0.357. The fourth-order valence-corrected chi connectivity index (χ4v) is 1.16. The lowest BCUT2D eigenvalue weighted by Gasteiger charge is -2.16. The van der Waals surface area contributed by atoms with Crippen LogP contribution < -0.4 is 5.73 Å². The number of hydrogen-bond donors (Lipinski definition) is 2. The number of benzene rings is 1. The number of nitrogens with two attached hydrogens (primary N) is 1. The Morgan fingerprint density at radius 1 is 1.15 bits per heavy atom. The molecule has 0 heterocycles. The van der Waals surface area contributed by atoms with Gasteiger partial charge in [0.25, 0.3) is 0 Å². The lowest BCUT2D eigenvalue weighted by atomic mass is 10.1. The molecule has 0 aliphatic rings. The topological polar surface area (TPSA) is 107 Å². The van der Waals surface area contributed by atoms with Gasteiger partial charge in [-0.15, -0.1) is 0 Å². The van der Waals surface area contributed by atoms with Crippen LogP contribution in [0.5, 0.6) is 0 Å². The van der Waals surface area contributed by atoms with Gasteiger partial charge in [0.15, 0.2) is 0 Å². The highest BCUT2D eigenvalue weighted by Crippen LogP contribution is 2.04. The van der Waals surface area contributed by atoms with Crippen LogP contribution in [-0.2, 0) is 20.7 Å². The van der Waals surface area contributed by atoms with E-state index < -0.39 is 23.4 Å². The predicted octanol–water partition coefficient (Wildman–Crippen LogP) is 1.76. The summed E-state index contributed by atoms with van der Waals surface area (Å²) >= 11 is 0. The highest BCUT2D eigenvalue weighted by molar-refractivity contribution is 6.33. The Bertz CT molecular complexity index is 462. The number of carbonyl (C=O) groups is 3. The highest BCUT2D eigenvalue weighted by atomic mass is 16.6. The Morgan fingerprint density at radius 2 is 1.65 bits per heavy atom. The molecule has 0 aromatic heterocycles. The highest BCUT2D eigenvalue weighted by Gasteiger charge is 2.12. The molecule has 1 rings (SSSR count). The average Bonchev–Trinajstić information content (AvgIpc) is 2.27. The minimum Gasteiger partial charge on any atom is -0.475 e. The van der Waals surface area contributed by atoms with Crippen LogP contribution in [-0.4, -0.2) is 28.6 Å². The molecule has 1 aromatic carbocycles. The van der Waals surface area contributed by atoms with Crippen LogP contribution in [0.1, 0.15) is 26.3 Å². The fourth-order valence-electron chi connectivity index (χ4n) is 1.16. The summed E-state index contributed by atoms with van der Waals surface area (Å²) in [5, 5.41) is 8.29. The van der Waals surface area contributed by atoms with E-state index in [-0.39, 0.29) is 6.42 Å². The summed E-state index contributed by atoms with van der Waals surface area (Å²) in [4.78, 5) is 30.9. The molecule has 0 fully saturated rings. The second-order valence-corrected chi connectivity index (χ2v) is 4.92. The summed E-state index contributed by atoms with van der Waals surface area (Å²) in [6, 6.07) is 8.80. The Kier molecular flexibility index (Phi) is 6.99. The smallest absolute Gasteiger partial charge is 0.405 e. The van der Waals surface area contributed by atoms with Crippen LogP contribution in [0.3, 0.4) is 0 Å². The number of Topliss-reactive ketones (excluding diaryl/α,β-unsaturated/α-hetero) is 1. The van der Waals surface area contributed by atoms with Gasteiger partial charge in [0.05, 0.1) is 0 Å². The summed E-state index contributed by atoms with van der Waals surface area (Å²) in [6.07, 6.45) is -0.756. The summed E-state index contributed by atoms with van der Waals surface area (Å²) in [5.41, 5.74) is 4.99. The van der Waals surface area contributed by atoms with Gasteiger partial charge in [0.1, 0.15) is 5.60 Å². The van der Waals surface area contributed by atoms with Gasteiger partial charge in [0, 0.05) is 6.42 Å². The first-order valence-electron chi connectivity index (χ1n) is 5.90. The lowest BCUT2D eigenvalue weighted by molar-refractivity contribution is -0.148. The van der Waals surface area contributed by atoms with Gasteiger partial charge in [-0.05, 0) is 26.3 Å². The van der Waals surface area contributed by atoms with E-state index in [0.29, 0.717) is 0 Å². The molecule has 0 bridgehead atoms. The van der Waals surface area contributed by atoms with Crippen LogP contribution in [0.2, 0.25) is 0 Å². The third-order valence-electron chi connectivity index (χ3n) is 1.85. The lowest BCUT2D eigenvalue weighted by Crippen LogP contribution is -2.27. The number of ketones is 1. The van der Waals surface area contributed by atoms with Gasteiger partial charge < -0.3 is 15.6 Å². The largest absolute Gasteiger partial charge is 0.475 e. The average molecular weight is 281 g/mol. The Labute approximate surface area is 117 Å². The summed E-state index contributed by atoms with van der Waals surface area (Å²) in [6.45, 7) is 5.28. The first-order chi connectivity index (χ1) is 9.11. The van der Waals surface area contributed by atoms with Crippen LogP contribution in [0.25, 0.3) is 0 Å². The summed E-state index contributed by atoms with van der Waals surface area (Å²) < 4.78 is 4.58. The van der Waals surface area contributed by atoms with Crippen LogP contribution in [0.15, 0.2) is 30.3 Å². The number of aliphatic carboxylic acids is 1. The molecular weight excluding hydrogens is 262 g/mol. The van der Waals surface area contributed by atoms with E-state index in [0.717, 1.165) is 5.56 Å². The van der Waals surface area contributed by atoms with E-state index in [1.807, 2.05) is 6.07 Å². The number of carboxylic acids is 1. The van der Waals surface area contributed by atoms with E-state index in [4.69, 9.17) is 10.8 Å². The van der Waals surface area contributed by atoms with E-state index in [9.17, 15) is 14.4 Å². The third-order valence-corrected chi connectivity index (χ3v) is 1.85. The van der Waals surface area contributed by atoms with E-state index in [1.54, 1.807) is 45.0 Å². The molecule has 1 aromatic rings. The molecule has 1 amide bonds. The SMILES string of the molecule is CC(C)(C)OC(N)=O.O=C(O)C(=O)Cc1ccccc1. The minimum absolute atomic E-state index is 0.0316. The Balaban J connectivity index is 0.000000396. The molecule has 3 N–H and O–H groups in total. The van der Waals surface area contributed by atoms with E-state index >= 15 is 0 Å². The second kappa shape index (κ2) is 7.93. The molecule has 110 valence electrons. The zero-order chi connectivity index (χ0) is 15.8. The second-order valence-electron chi connectivity index (χ2n) is 4.92. The molecule has 0 saturated heterocycles. The zero-order valence-corrected chi connectivity index (χ0v) is 11.8. The summed E-state index contributed by atoms with van der Waals surface area (Å²) in [5.74, 6) is -2.15. The van der Waals surface area contributed by atoms with Gasteiger partial charge in [-0.2, -0.15) is 0 Å². The molecule has 0 radical (unpaired) electrons. The first-order valence-corrected chi connectivity index (χ1v) is 5.90. The minimum atomic E-state index is -1.38. The number of carbonyl (C=O) groups excluding carboxylic acids is 2. The first kappa shape index (κ1) is 17.6. The molecule has 0 aliphatic heterocycles. The van der Waals surface area contributed by atoms with Gasteiger partial charge in [-0.25, -0.2) is 9.59 Å². The Morgan fingerprint density at radius 3 is 1.95 bits per heavy atom. The molecule has 6 heteroatoms. The standard InChI is InChI=1S/C9H8O3.C5H11NO2/c10-8(9(11)12)6-7-4-2-1-3-5-7;1-5(2,3)8-4(6)7/h1-5H,6H2,(H,11,12);1-3H3,(H2,6,7). The van der Waals surface area contributed by atoms with Crippen molar-refractivity contribution in [1.82, 2.24) is 0 Å². The number of hydrogen-bond acceptors (Lipinski definition) is 4. The third kappa shape index (κ3) is 9.64. The zero-order valence-electron chi connectivity index (χ0n) is 11.8. The van der Waals surface area contributed by atoms with Crippen molar-refractivity contribution in [3.63, 3.8) is 0 Å². The van der Waals surface area contributed by atoms with Crippen molar-refractivity contribution in [2.45, 2.75) is 32.8 Å². The number of ether oxygens (including phenoxy) is 1. The van der Waals surface area contributed by atoms with Crippen molar-refractivity contribution in [3.05, 3.63) is 35.9 Å². The van der Waals surface area contributed by atoms with E-state index in [2.05, 4.69) is 4.74 Å². The molecule has 0 aliphatic carbocycles. The van der Waals surface area contributed by atoms with Crippen LogP contribution >= 0.6 is 0 Å². The Hall–Kier alpha value is -2.37. The van der Waals surface area contributed by atoms with Crippen molar-refractivity contribution in [2.24, 2.45) is 5.73 Å². The molecule has 0 saturated carbocycles. The maximum atomic E-state index is 10.7. The van der Waals surface area contributed by atoms with Gasteiger partial charge >= 0.3 is 12.1 Å². The molecule has 0 atom stereocenters. The molecule has 0 spiro atoms. The van der Waals surface area contributed by atoms with Crippen molar-refractivity contribution in [1.29, 1.82) is 0 Å². The molecular formula is C14H19NO5. The number of primary amides is 1. The van der Waals surface area contributed by atoms with Crippen LogP contribution in [0, 0.1) is 0 Å². The van der Waals surface area contributed by atoms with Crippen molar-refractivity contribution >= 4 is 17.8 Å². The van der Waals surface area contributed by atoms with Crippen molar-refractivity contribution in [2.75, 3.05) is 0 Å². The van der Waals surface area contributed by atoms with Crippen molar-refractivity contribution in [3.8, 4) is 0 Å². The number of carboxylic acid groups (broad SMARTS) is 1. The normalized spacial score (nSPS) is 9.95. The number of rotatable bonds is 3. The maximum absolute atomic E-state index is 10.7. The van der Waals surface area contributed by atoms with Gasteiger partial charge in [-0.1, -0.05) is 30.3 Å². The molecule has 20 heavy (non-hydrogen) atoms. The monoisotopic (exact) mass is 281 g/mol. The van der Waals surface area contributed by atoms with E-state index in [1.165, 1.54) is 0 Å². The van der Waals surface area contributed by atoms with Crippen LogP contribution in [0.4, 0.5) is 4.79 Å². The summed E-state index contributed by atoms with van der Waals surface area (Å²) in [7, 11) is 0. The predicted molar refractivity (Wildman–Crippen MR) is 73.2 cm³/mol. The number of amides is 1. The van der Waals surface area contributed by atoms with Gasteiger partial charge in [-0.3, -0.25) is 4.79 Å². The quantitative estimate of drug-likeness (QED) is 0.821. The molecule has 0 unspecified atom stereocenters. The van der Waals surface area contributed by atoms with Crippen molar-refractivity contribution < 1.29 is 24.2 Å².